The molecule has 0 spiro atoms. The molecule has 2 amide bonds. The number of carbonyl (C=O) groups is 2. The molecule has 5 heteroatoms. The molecular weight excluding hydrogens is 268 g/mol. The Morgan fingerprint density at radius 2 is 1.81 bits per heavy atom. The van der Waals surface area contributed by atoms with Crippen molar-refractivity contribution in [2.75, 3.05) is 11.9 Å². The highest BCUT2D eigenvalue weighted by Crippen LogP contribution is 2.28. The predicted octanol–water partition coefficient (Wildman–Crippen LogP) is 3.48. The Morgan fingerprint density at radius 3 is 2.43 bits per heavy atom. The fourth-order valence-electron chi connectivity index (χ4n) is 2.76. The van der Waals surface area contributed by atoms with Crippen LogP contribution < -0.4 is 10.6 Å². The zero-order valence-corrected chi connectivity index (χ0v) is 12.1. The largest absolute Gasteiger partial charge is 0.478 e. The number of carboxylic acid groups (broad SMARTS) is 1. The summed E-state index contributed by atoms with van der Waals surface area (Å²) in [6, 6.07) is 5.86. The monoisotopic (exact) mass is 290 g/mol. The van der Waals surface area contributed by atoms with E-state index in [1.807, 2.05) is 0 Å². The van der Waals surface area contributed by atoms with Crippen molar-refractivity contribution in [3.63, 3.8) is 0 Å². The van der Waals surface area contributed by atoms with Gasteiger partial charge < -0.3 is 15.7 Å². The zero-order valence-electron chi connectivity index (χ0n) is 12.1. The number of amides is 2. The normalized spacial score (nSPS) is 14.9. The summed E-state index contributed by atoms with van der Waals surface area (Å²) in [6.45, 7) is 0.676. The molecule has 1 aromatic rings. The Bertz CT molecular complexity index is 479. The maximum absolute atomic E-state index is 11.7. The first-order chi connectivity index (χ1) is 10.1. The van der Waals surface area contributed by atoms with Crippen LogP contribution in [0.15, 0.2) is 24.3 Å². The molecule has 1 aliphatic rings. The van der Waals surface area contributed by atoms with Gasteiger partial charge in [-0.3, -0.25) is 0 Å². The Morgan fingerprint density at radius 1 is 1.14 bits per heavy atom. The lowest BCUT2D eigenvalue weighted by atomic mass is 10.0. The number of nitrogens with one attached hydrogen (secondary N) is 2. The Labute approximate surface area is 124 Å². The summed E-state index contributed by atoms with van der Waals surface area (Å²) in [5.41, 5.74) is 0.797. The third-order valence-electron chi connectivity index (χ3n) is 3.94. The number of urea groups is 1. The second-order valence-corrected chi connectivity index (χ2v) is 5.56. The summed E-state index contributed by atoms with van der Waals surface area (Å²) >= 11 is 0. The number of carboxylic acids is 1. The van der Waals surface area contributed by atoms with Crippen LogP contribution in [0.3, 0.4) is 0 Å². The van der Waals surface area contributed by atoms with Crippen LogP contribution in [-0.4, -0.2) is 23.7 Å². The number of benzene rings is 1. The molecule has 0 saturated heterocycles. The van der Waals surface area contributed by atoms with Gasteiger partial charge in [0, 0.05) is 12.2 Å². The fraction of sp³-hybridized carbons (Fsp3) is 0.500. The quantitative estimate of drug-likeness (QED) is 0.702. The van der Waals surface area contributed by atoms with Gasteiger partial charge >= 0.3 is 12.0 Å². The highest BCUT2D eigenvalue weighted by molar-refractivity contribution is 5.91. The van der Waals surface area contributed by atoms with Gasteiger partial charge in [-0.15, -0.1) is 0 Å². The summed E-state index contributed by atoms with van der Waals surface area (Å²) in [6.07, 6.45) is 7.57. The van der Waals surface area contributed by atoms with Crippen molar-refractivity contribution in [1.29, 1.82) is 0 Å². The maximum atomic E-state index is 11.7. The molecule has 0 heterocycles. The van der Waals surface area contributed by atoms with Crippen molar-refractivity contribution < 1.29 is 14.7 Å². The zero-order chi connectivity index (χ0) is 15.1. The summed E-state index contributed by atoms with van der Waals surface area (Å²) in [5.74, 6) is -0.128. The third kappa shape index (κ3) is 5.10. The average Bonchev–Trinajstić information content (AvgIpc) is 2.97. The lowest BCUT2D eigenvalue weighted by Crippen LogP contribution is -2.29. The molecule has 21 heavy (non-hydrogen) atoms. The summed E-state index contributed by atoms with van der Waals surface area (Å²) in [5, 5.41) is 14.3. The van der Waals surface area contributed by atoms with Crippen LogP contribution in [-0.2, 0) is 0 Å². The smallest absolute Gasteiger partial charge is 0.335 e. The molecule has 0 atom stereocenters. The minimum Gasteiger partial charge on any atom is -0.478 e. The topological polar surface area (TPSA) is 78.4 Å². The van der Waals surface area contributed by atoms with Crippen LogP contribution in [0.25, 0.3) is 0 Å². The summed E-state index contributed by atoms with van der Waals surface area (Å²) in [7, 11) is 0. The van der Waals surface area contributed by atoms with E-state index in [4.69, 9.17) is 5.11 Å². The first-order valence-electron chi connectivity index (χ1n) is 7.53. The number of rotatable bonds is 6. The van der Waals surface area contributed by atoms with Crippen molar-refractivity contribution in [2.24, 2.45) is 5.92 Å². The van der Waals surface area contributed by atoms with Gasteiger partial charge in [0.05, 0.1) is 5.56 Å². The number of hydrogen-bond donors (Lipinski definition) is 3. The number of anilines is 1. The van der Waals surface area contributed by atoms with Gasteiger partial charge in [0.2, 0.25) is 0 Å². The SMILES string of the molecule is O=C(NCCCC1CCCC1)Nc1ccc(C(=O)O)cc1. The molecule has 0 radical (unpaired) electrons. The molecule has 114 valence electrons. The van der Waals surface area contributed by atoms with Crippen molar-refractivity contribution in [3.05, 3.63) is 29.8 Å². The van der Waals surface area contributed by atoms with Gasteiger partial charge in [0.25, 0.3) is 0 Å². The second-order valence-electron chi connectivity index (χ2n) is 5.56. The van der Waals surface area contributed by atoms with Crippen molar-refractivity contribution in [2.45, 2.75) is 38.5 Å². The highest BCUT2D eigenvalue weighted by Gasteiger charge is 2.14. The van der Waals surface area contributed by atoms with E-state index in [1.54, 1.807) is 12.1 Å². The minimum atomic E-state index is -0.974. The molecule has 0 aromatic heterocycles. The van der Waals surface area contributed by atoms with Gasteiger partial charge in [-0.2, -0.15) is 0 Å². The highest BCUT2D eigenvalue weighted by atomic mass is 16.4. The second kappa shape index (κ2) is 7.67. The maximum Gasteiger partial charge on any atom is 0.335 e. The van der Waals surface area contributed by atoms with Gasteiger partial charge in [-0.1, -0.05) is 25.7 Å². The van der Waals surface area contributed by atoms with E-state index in [9.17, 15) is 9.59 Å². The molecule has 3 N–H and O–H groups in total. The van der Waals surface area contributed by atoms with Crippen molar-refractivity contribution in [1.82, 2.24) is 5.32 Å². The van der Waals surface area contributed by atoms with E-state index in [1.165, 1.54) is 44.2 Å². The molecule has 2 rings (SSSR count). The van der Waals surface area contributed by atoms with Gasteiger partial charge in [0.1, 0.15) is 0 Å². The van der Waals surface area contributed by atoms with E-state index in [0.29, 0.717) is 12.2 Å². The first-order valence-corrected chi connectivity index (χ1v) is 7.53. The van der Waals surface area contributed by atoms with Crippen LogP contribution in [0.1, 0.15) is 48.9 Å². The molecule has 1 saturated carbocycles. The van der Waals surface area contributed by atoms with Crippen molar-refractivity contribution in [3.8, 4) is 0 Å². The minimum absolute atomic E-state index is 0.206. The molecule has 0 unspecified atom stereocenters. The average molecular weight is 290 g/mol. The van der Waals surface area contributed by atoms with Gasteiger partial charge in [-0.25, -0.2) is 9.59 Å². The molecule has 1 aromatic carbocycles. The number of aromatic carboxylic acids is 1. The molecule has 1 aliphatic carbocycles. The Kier molecular flexibility index (Phi) is 5.60. The lowest BCUT2D eigenvalue weighted by molar-refractivity contribution is 0.0697. The molecule has 0 bridgehead atoms. The molecule has 5 nitrogen and oxygen atoms in total. The van der Waals surface area contributed by atoms with E-state index in [-0.39, 0.29) is 11.6 Å². The Balaban J connectivity index is 1.65. The first kappa shape index (κ1) is 15.4. The summed E-state index contributed by atoms with van der Waals surface area (Å²) in [4.78, 5) is 22.4. The molecule has 0 aliphatic heterocycles. The van der Waals surface area contributed by atoms with E-state index in [0.717, 1.165) is 12.3 Å². The van der Waals surface area contributed by atoms with Crippen LogP contribution in [0.4, 0.5) is 10.5 Å². The molecule has 1 fully saturated rings. The van der Waals surface area contributed by atoms with E-state index >= 15 is 0 Å². The summed E-state index contributed by atoms with van der Waals surface area (Å²) < 4.78 is 0. The number of carbonyl (C=O) groups excluding carboxylic acids is 1. The van der Waals surface area contributed by atoms with E-state index in [2.05, 4.69) is 10.6 Å². The van der Waals surface area contributed by atoms with Gasteiger partial charge in [-0.05, 0) is 43.0 Å². The predicted molar refractivity (Wildman–Crippen MR) is 81.6 cm³/mol. The van der Waals surface area contributed by atoms with Crippen LogP contribution in [0.5, 0.6) is 0 Å². The molecular formula is C16H22N2O3. The van der Waals surface area contributed by atoms with Crippen LogP contribution in [0.2, 0.25) is 0 Å². The number of hydrogen-bond acceptors (Lipinski definition) is 2. The van der Waals surface area contributed by atoms with E-state index < -0.39 is 5.97 Å². The standard InChI is InChI=1S/C16H22N2O3/c19-15(20)13-7-9-14(10-8-13)18-16(21)17-11-3-6-12-4-1-2-5-12/h7-10,12H,1-6,11H2,(H,19,20)(H2,17,18,21). The van der Waals surface area contributed by atoms with Crippen LogP contribution in [0, 0.1) is 5.92 Å². The lowest BCUT2D eigenvalue weighted by Gasteiger charge is -2.10. The fourth-order valence-corrected chi connectivity index (χ4v) is 2.76. The Hall–Kier alpha value is -2.04. The third-order valence-corrected chi connectivity index (χ3v) is 3.94. The van der Waals surface area contributed by atoms with Crippen LogP contribution >= 0.6 is 0 Å². The van der Waals surface area contributed by atoms with Crippen molar-refractivity contribution >= 4 is 17.7 Å². The van der Waals surface area contributed by atoms with Gasteiger partial charge in [0.15, 0.2) is 0 Å².